The molecular formula is C38H40BrN3O2. The second-order valence-corrected chi connectivity index (χ2v) is 12.2. The van der Waals surface area contributed by atoms with Crippen molar-refractivity contribution in [3.05, 3.63) is 142 Å². The first kappa shape index (κ1) is 31.5. The van der Waals surface area contributed by atoms with E-state index in [1.165, 1.54) is 11.1 Å². The number of para-hydroxylation sites is 1. The molecule has 1 unspecified atom stereocenters. The first-order chi connectivity index (χ1) is 21.5. The fourth-order valence-electron chi connectivity index (χ4n) is 5.93. The number of benzene rings is 4. The van der Waals surface area contributed by atoms with E-state index in [4.69, 9.17) is 4.74 Å². The number of ether oxygens (including phenoxy) is 1. The average Bonchev–Trinajstić information content (AvgIpc) is 3.40. The van der Waals surface area contributed by atoms with Gasteiger partial charge in [-0.05, 0) is 67.4 Å². The number of aldehydes is 1. The van der Waals surface area contributed by atoms with E-state index >= 15 is 0 Å². The summed E-state index contributed by atoms with van der Waals surface area (Å²) in [5.41, 5.74) is 7.44. The number of halogens is 1. The lowest BCUT2D eigenvalue weighted by Gasteiger charge is -2.39. The average molecular weight is 651 g/mol. The van der Waals surface area contributed by atoms with E-state index in [-0.39, 0.29) is 0 Å². The van der Waals surface area contributed by atoms with Crippen molar-refractivity contribution in [2.75, 3.05) is 33.8 Å². The molecule has 0 aliphatic carbocycles. The van der Waals surface area contributed by atoms with Crippen molar-refractivity contribution in [3.63, 3.8) is 0 Å². The van der Waals surface area contributed by atoms with Crippen LogP contribution >= 0.6 is 15.9 Å². The molecule has 1 atom stereocenters. The molecule has 1 aromatic heterocycles. The van der Waals surface area contributed by atoms with Gasteiger partial charge in [-0.15, -0.1) is 0 Å². The number of nitrogens with zero attached hydrogens (tertiary/aromatic N) is 3. The Hall–Kier alpha value is -3.97. The molecule has 5 nitrogen and oxygen atoms in total. The van der Waals surface area contributed by atoms with E-state index in [1.807, 2.05) is 73.7 Å². The van der Waals surface area contributed by atoms with Crippen LogP contribution in [0.5, 0.6) is 5.75 Å². The number of rotatable bonds is 8. The lowest BCUT2D eigenvalue weighted by molar-refractivity contribution is 0.0901. The van der Waals surface area contributed by atoms with Gasteiger partial charge < -0.3 is 14.2 Å². The van der Waals surface area contributed by atoms with Crippen molar-refractivity contribution in [1.82, 2.24) is 14.4 Å². The van der Waals surface area contributed by atoms with E-state index in [9.17, 15) is 4.79 Å². The summed E-state index contributed by atoms with van der Waals surface area (Å²) < 4.78 is 8.64. The summed E-state index contributed by atoms with van der Waals surface area (Å²) in [6.07, 6.45) is 1.95. The van der Waals surface area contributed by atoms with Gasteiger partial charge >= 0.3 is 0 Å². The number of hydrogen-bond acceptors (Lipinski definition) is 4. The second kappa shape index (κ2) is 15.2. The molecule has 1 aliphatic heterocycles. The monoisotopic (exact) mass is 649 g/mol. The minimum absolute atomic E-state index is 0.531. The maximum atomic E-state index is 11.4. The Balaban J connectivity index is 0.000000175. The molecule has 0 amide bonds. The van der Waals surface area contributed by atoms with E-state index in [1.54, 1.807) is 7.11 Å². The number of aryl methyl sites for hydroxylation is 1. The van der Waals surface area contributed by atoms with Crippen LogP contribution in [0.15, 0.2) is 120 Å². The molecule has 5 aromatic rings. The van der Waals surface area contributed by atoms with Gasteiger partial charge in [-0.2, -0.15) is 0 Å². The zero-order valence-corrected chi connectivity index (χ0v) is 27.3. The van der Waals surface area contributed by atoms with Crippen LogP contribution < -0.4 is 4.74 Å². The lowest BCUT2D eigenvalue weighted by Crippen LogP contribution is -2.51. The van der Waals surface area contributed by atoms with Crippen molar-refractivity contribution in [1.29, 1.82) is 0 Å². The largest absolute Gasteiger partial charge is 0.496 e. The molecule has 1 saturated heterocycles. The molecule has 0 spiro atoms. The van der Waals surface area contributed by atoms with Crippen molar-refractivity contribution < 1.29 is 9.53 Å². The molecular weight excluding hydrogens is 610 g/mol. The van der Waals surface area contributed by atoms with Gasteiger partial charge in [0, 0.05) is 53.6 Å². The molecule has 0 radical (unpaired) electrons. The van der Waals surface area contributed by atoms with Crippen LogP contribution in [0.1, 0.15) is 27.2 Å². The quantitative estimate of drug-likeness (QED) is 0.159. The molecule has 6 heteroatoms. The highest BCUT2D eigenvalue weighted by molar-refractivity contribution is 9.10. The number of carbonyl (C=O) groups is 1. The van der Waals surface area contributed by atoms with Gasteiger partial charge in [0.2, 0.25) is 0 Å². The van der Waals surface area contributed by atoms with Crippen LogP contribution in [0.25, 0.3) is 16.9 Å². The van der Waals surface area contributed by atoms with E-state index in [0.29, 0.717) is 11.6 Å². The highest BCUT2D eigenvalue weighted by atomic mass is 79.9. The van der Waals surface area contributed by atoms with Crippen LogP contribution in [-0.4, -0.2) is 60.5 Å². The van der Waals surface area contributed by atoms with E-state index < -0.39 is 0 Å². The van der Waals surface area contributed by atoms with Gasteiger partial charge in [0.1, 0.15) is 5.75 Å². The van der Waals surface area contributed by atoms with E-state index in [2.05, 4.69) is 85.9 Å². The maximum absolute atomic E-state index is 11.4. The second-order valence-electron chi connectivity index (χ2n) is 11.3. The first-order valence-electron chi connectivity index (χ1n) is 15.0. The Kier molecular flexibility index (Phi) is 10.8. The summed E-state index contributed by atoms with van der Waals surface area (Å²) in [5, 5.41) is 0. The van der Waals surface area contributed by atoms with Crippen LogP contribution in [0.2, 0.25) is 0 Å². The Labute approximate surface area is 269 Å². The Morgan fingerprint density at radius 2 is 1.57 bits per heavy atom. The van der Waals surface area contributed by atoms with Gasteiger partial charge in [-0.25, -0.2) is 0 Å². The summed E-state index contributed by atoms with van der Waals surface area (Å²) in [5.74, 6) is 1.00. The van der Waals surface area contributed by atoms with E-state index in [0.717, 1.165) is 71.7 Å². The Bertz CT molecular complexity index is 1650. The Morgan fingerprint density at radius 3 is 2.27 bits per heavy atom. The van der Waals surface area contributed by atoms with Crippen molar-refractivity contribution >= 4 is 22.2 Å². The van der Waals surface area contributed by atoms with Crippen molar-refractivity contribution in [2.45, 2.75) is 25.9 Å². The standard InChI is InChI=1S/C20H26N2O.C18H14BrNO/c1-21-12-13-22(15-17-8-4-3-5-9-17)16-19(21)14-18-10-6-7-11-20(18)23-2;1-13-10-15(12-21)18(14-6-3-2-4-7-14)20(13)17-9-5-8-16(19)11-17/h3-11,19H,12-16H2,1-2H3;2-12H,1H3. The van der Waals surface area contributed by atoms with Crippen molar-refractivity contribution in [2.24, 2.45) is 0 Å². The highest BCUT2D eigenvalue weighted by Gasteiger charge is 2.25. The molecule has 44 heavy (non-hydrogen) atoms. The van der Waals surface area contributed by atoms with Crippen LogP contribution in [-0.2, 0) is 13.0 Å². The highest BCUT2D eigenvalue weighted by Crippen LogP contribution is 2.31. The van der Waals surface area contributed by atoms with Crippen LogP contribution in [0.4, 0.5) is 0 Å². The lowest BCUT2D eigenvalue weighted by atomic mass is 10.0. The van der Waals surface area contributed by atoms with Crippen LogP contribution in [0, 0.1) is 6.92 Å². The fourth-order valence-corrected chi connectivity index (χ4v) is 6.32. The zero-order chi connectivity index (χ0) is 30.9. The number of hydrogen-bond donors (Lipinski definition) is 0. The summed E-state index contributed by atoms with van der Waals surface area (Å²) in [6.45, 7) is 6.40. The molecule has 0 bridgehead atoms. The first-order valence-corrected chi connectivity index (χ1v) is 15.8. The fraction of sp³-hybridized carbons (Fsp3) is 0.237. The third-order valence-corrected chi connectivity index (χ3v) is 8.71. The minimum Gasteiger partial charge on any atom is -0.496 e. The number of likely N-dealkylation sites (N-methyl/N-ethyl adjacent to an activating group) is 1. The molecule has 0 N–H and O–H groups in total. The molecule has 1 fully saturated rings. The molecule has 2 heterocycles. The smallest absolute Gasteiger partial charge is 0.152 e. The third kappa shape index (κ3) is 7.75. The number of piperazine rings is 1. The topological polar surface area (TPSA) is 37.7 Å². The SMILES string of the molecule is COc1ccccc1CC1CN(Cc2ccccc2)CCN1C.Cc1cc(C=O)c(-c2ccccc2)n1-c1cccc(Br)c1. The van der Waals surface area contributed by atoms with Crippen LogP contribution in [0.3, 0.4) is 0 Å². The molecule has 4 aromatic carbocycles. The minimum atomic E-state index is 0.531. The number of aromatic nitrogens is 1. The van der Waals surface area contributed by atoms with Gasteiger partial charge in [-0.3, -0.25) is 9.69 Å². The predicted molar refractivity (Wildman–Crippen MR) is 184 cm³/mol. The molecule has 6 rings (SSSR count). The number of carbonyl (C=O) groups excluding carboxylic acids is 1. The Morgan fingerprint density at radius 1 is 0.864 bits per heavy atom. The normalized spacial score (nSPS) is 15.3. The summed E-state index contributed by atoms with van der Waals surface area (Å²) in [4.78, 5) is 16.5. The summed E-state index contributed by atoms with van der Waals surface area (Å²) in [7, 11) is 3.99. The molecule has 226 valence electrons. The summed E-state index contributed by atoms with van der Waals surface area (Å²) in [6, 6.07) is 39.7. The van der Waals surface area contributed by atoms with Gasteiger partial charge in [-0.1, -0.05) is 101 Å². The maximum Gasteiger partial charge on any atom is 0.152 e. The summed E-state index contributed by atoms with van der Waals surface area (Å²) >= 11 is 3.51. The van der Waals surface area contributed by atoms with Gasteiger partial charge in [0.15, 0.2) is 6.29 Å². The zero-order valence-electron chi connectivity index (χ0n) is 25.7. The number of methoxy groups -OCH3 is 1. The molecule has 0 saturated carbocycles. The van der Waals surface area contributed by atoms with Gasteiger partial charge in [0.05, 0.1) is 12.8 Å². The van der Waals surface area contributed by atoms with Gasteiger partial charge in [0.25, 0.3) is 0 Å². The predicted octanol–water partition coefficient (Wildman–Crippen LogP) is 8.08. The molecule has 1 aliphatic rings. The van der Waals surface area contributed by atoms with Crippen molar-refractivity contribution in [3.8, 4) is 22.7 Å². The third-order valence-electron chi connectivity index (χ3n) is 8.21.